The Hall–Kier alpha value is -2.33. The Morgan fingerprint density at radius 2 is 1.62 bits per heavy atom. The molecule has 0 bridgehead atoms. The second-order valence-electron chi connectivity index (χ2n) is 5.98. The van der Waals surface area contributed by atoms with Crippen LogP contribution in [0, 0.1) is 0 Å². The Morgan fingerprint density at radius 3 is 2.25 bits per heavy atom. The molecule has 0 saturated heterocycles. The van der Waals surface area contributed by atoms with Crippen LogP contribution < -0.4 is 10.2 Å². The summed E-state index contributed by atoms with van der Waals surface area (Å²) in [6.45, 7) is 4.88. The fourth-order valence-corrected chi connectivity index (χ4v) is 2.32. The maximum Gasteiger partial charge on any atom is 0.248 e. The summed E-state index contributed by atoms with van der Waals surface area (Å²) < 4.78 is 5.64. The number of carbonyl (C=O) groups is 1. The second kappa shape index (κ2) is 9.08. The van der Waals surface area contributed by atoms with Crippen LogP contribution in [-0.4, -0.2) is 31.6 Å². The summed E-state index contributed by atoms with van der Waals surface area (Å²) in [7, 11) is 2.03. The zero-order chi connectivity index (χ0) is 17.4. The van der Waals surface area contributed by atoms with E-state index in [2.05, 4.69) is 29.3 Å². The van der Waals surface area contributed by atoms with E-state index in [1.807, 2.05) is 55.6 Å². The van der Waals surface area contributed by atoms with E-state index in [0.29, 0.717) is 13.2 Å². The lowest BCUT2D eigenvalue weighted by Crippen LogP contribution is -2.43. The van der Waals surface area contributed by atoms with Gasteiger partial charge in [-0.25, -0.2) is 0 Å². The van der Waals surface area contributed by atoms with Gasteiger partial charge in [-0.15, -0.1) is 0 Å². The molecule has 0 heterocycles. The van der Waals surface area contributed by atoms with Crippen molar-refractivity contribution in [1.29, 1.82) is 0 Å². The molecule has 0 saturated carbocycles. The normalized spacial score (nSPS) is 13.1. The lowest BCUT2D eigenvalue weighted by Gasteiger charge is -2.27. The second-order valence-corrected chi connectivity index (χ2v) is 5.98. The van der Waals surface area contributed by atoms with E-state index in [1.54, 1.807) is 6.92 Å². The molecule has 2 aromatic rings. The van der Waals surface area contributed by atoms with Crippen LogP contribution in [0.2, 0.25) is 0 Å². The van der Waals surface area contributed by atoms with E-state index in [9.17, 15) is 4.79 Å². The maximum absolute atomic E-state index is 12.2. The van der Waals surface area contributed by atoms with Gasteiger partial charge in [0.05, 0.1) is 6.61 Å². The Morgan fingerprint density at radius 1 is 1.04 bits per heavy atom. The van der Waals surface area contributed by atoms with Gasteiger partial charge < -0.3 is 15.0 Å². The van der Waals surface area contributed by atoms with Crippen LogP contribution in [0.25, 0.3) is 0 Å². The van der Waals surface area contributed by atoms with E-state index in [4.69, 9.17) is 4.74 Å². The van der Waals surface area contributed by atoms with Crippen LogP contribution in [0.15, 0.2) is 60.7 Å². The van der Waals surface area contributed by atoms with Crippen molar-refractivity contribution in [3.05, 3.63) is 66.2 Å². The highest BCUT2D eigenvalue weighted by molar-refractivity contribution is 5.80. The molecule has 0 fully saturated rings. The van der Waals surface area contributed by atoms with Crippen LogP contribution in [0.3, 0.4) is 0 Å². The molecule has 1 amide bonds. The van der Waals surface area contributed by atoms with Gasteiger partial charge in [0.15, 0.2) is 0 Å². The molecule has 2 rings (SSSR count). The van der Waals surface area contributed by atoms with Crippen molar-refractivity contribution in [2.45, 2.75) is 32.6 Å². The molecular weight excluding hydrogens is 300 g/mol. The van der Waals surface area contributed by atoms with Gasteiger partial charge in [-0.3, -0.25) is 4.79 Å². The van der Waals surface area contributed by atoms with E-state index in [1.165, 1.54) is 0 Å². The third kappa shape index (κ3) is 5.39. The highest BCUT2D eigenvalue weighted by atomic mass is 16.5. The number of hydrogen-bond donors (Lipinski definition) is 1. The molecule has 0 spiro atoms. The number of anilines is 1. The zero-order valence-corrected chi connectivity index (χ0v) is 14.6. The third-order valence-electron chi connectivity index (χ3n) is 4.11. The summed E-state index contributed by atoms with van der Waals surface area (Å²) in [6.07, 6.45) is -0.473. The van der Waals surface area contributed by atoms with E-state index in [-0.39, 0.29) is 11.9 Å². The standard InChI is InChI=1S/C20H26N2O2/c1-16(22(3)19-12-8-5-9-13-19)14-21-20(23)17(2)24-15-18-10-6-4-7-11-18/h4-13,16-17H,14-15H2,1-3H3,(H,21,23)/t16-,17-/m1/s1. The minimum Gasteiger partial charge on any atom is -0.370 e. The number of rotatable bonds is 8. The number of para-hydroxylation sites is 1. The molecule has 2 aromatic carbocycles. The number of amides is 1. The Labute approximate surface area is 144 Å². The first-order chi connectivity index (χ1) is 11.6. The van der Waals surface area contributed by atoms with Gasteiger partial charge in [-0.2, -0.15) is 0 Å². The van der Waals surface area contributed by atoms with Crippen LogP contribution >= 0.6 is 0 Å². The molecule has 0 aliphatic rings. The fourth-order valence-electron chi connectivity index (χ4n) is 2.32. The zero-order valence-electron chi connectivity index (χ0n) is 14.6. The van der Waals surface area contributed by atoms with E-state index < -0.39 is 6.10 Å². The molecule has 4 nitrogen and oxygen atoms in total. The lowest BCUT2D eigenvalue weighted by molar-refractivity contribution is -0.132. The summed E-state index contributed by atoms with van der Waals surface area (Å²) in [6, 6.07) is 20.2. The Balaban J connectivity index is 1.75. The molecule has 0 aromatic heterocycles. The van der Waals surface area contributed by atoms with Gasteiger partial charge in [0.2, 0.25) is 5.91 Å². The number of carbonyl (C=O) groups excluding carboxylic acids is 1. The van der Waals surface area contributed by atoms with Crippen LogP contribution in [0.1, 0.15) is 19.4 Å². The van der Waals surface area contributed by atoms with Crippen molar-refractivity contribution in [2.75, 3.05) is 18.5 Å². The SMILES string of the molecule is C[C@H](CNC(=O)[C@@H](C)OCc1ccccc1)N(C)c1ccccc1. The van der Waals surface area contributed by atoms with Crippen molar-refractivity contribution in [2.24, 2.45) is 0 Å². The van der Waals surface area contributed by atoms with Gasteiger partial charge in [0.25, 0.3) is 0 Å². The van der Waals surface area contributed by atoms with Crippen molar-refractivity contribution < 1.29 is 9.53 Å². The number of nitrogens with zero attached hydrogens (tertiary/aromatic N) is 1. The van der Waals surface area contributed by atoms with Gasteiger partial charge in [-0.05, 0) is 31.5 Å². The van der Waals surface area contributed by atoms with Crippen LogP contribution in [-0.2, 0) is 16.1 Å². The highest BCUT2D eigenvalue weighted by Gasteiger charge is 2.16. The molecule has 1 N–H and O–H groups in total. The number of benzene rings is 2. The summed E-state index contributed by atoms with van der Waals surface area (Å²) >= 11 is 0. The number of likely N-dealkylation sites (N-methyl/N-ethyl adjacent to an activating group) is 1. The Bertz CT molecular complexity index is 616. The summed E-state index contributed by atoms with van der Waals surface area (Å²) in [5, 5.41) is 2.96. The third-order valence-corrected chi connectivity index (χ3v) is 4.11. The Kier molecular flexibility index (Phi) is 6.82. The predicted octanol–water partition coefficient (Wildman–Crippen LogP) is 3.23. The van der Waals surface area contributed by atoms with Crippen LogP contribution in [0.4, 0.5) is 5.69 Å². The van der Waals surface area contributed by atoms with Gasteiger partial charge >= 0.3 is 0 Å². The molecule has 0 aliphatic heterocycles. The number of nitrogens with one attached hydrogen (secondary N) is 1. The van der Waals surface area contributed by atoms with Crippen LogP contribution in [0.5, 0.6) is 0 Å². The van der Waals surface area contributed by atoms with Gasteiger partial charge in [-0.1, -0.05) is 48.5 Å². The number of ether oxygens (including phenoxy) is 1. The molecule has 0 unspecified atom stereocenters. The molecule has 24 heavy (non-hydrogen) atoms. The molecule has 128 valence electrons. The van der Waals surface area contributed by atoms with Gasteiger partial charge in [0.1, 0.15) is 6.10 Å². The minimum atomic E-state index is -0.473. The minimum absolute atomic E-state index is 0.0840. The van der Waals surface area contributed by atoms with Gasteiger partial charge in [0, 0.05) is 25.3 Å². The van der Waals surface area contributed by atoms with Crippen molar-refractivity contribution in [1.82, 2.24) is 5.32 Å². The van der Waals surface area contributed by atoms with Crippen molar-refractivity contribution in [3.63, 3.8) is 0 Å². The largest absolute Gasteiger partial charge is 0.370 e. The average molecular weight is 326 g/mol. The number of hydrogen-bond acceptors (Lipinski definition) is 3. The summed E-state index contributed by atoms with van der Waals surface area (Å²) in [4.78, 5) is 14.3. The van der Waals surface area contributed by atoms with E-state index in [0.717, 1.165) is 11.3 Å². The topological polar surface area (TPSA) is 41.6 Å². The summed E-state index contributed by atoms with van der Waals surface area (Å²) in [5.41, 5.74) is 2.20. The smallest absolute Gasteiger partial charge is 0.248 e. The fraction of sp³-hybridized carbons (Fsp3) is 0.350. The van der Waals surface area contributed by atoms with E-state index >= 15 is 0 Å². The first-order valence-corrected chi connectivity index (χ1v) is 8.29. The average Bonchev–Trinajstić information content (AvgIpc) is 2.64. The lowest BCUT2D eigenvalue weighted by atomic mass is 10.2. The summed E-state index contributed by atoms with van der Waals surface area (Å²) in [5.74, 6) is -0.0840. The molecular formula is C20H26N2O2. The first-order valence-electron chi connectivity index (χ1n) is 8.29. The molecule has 4 heteroatoms. The predicted molar refractivity (Wildman–Crippen MR) is 98.0 cm³/mol. The van der Waals surface area contributed by atoms with Crippen molar-refractivity contribution in [3.8, 4) is 0 Å². The highest BCUT2D eigenvalue weighted by Crippen LogP contribution is 2.13. The maximum atomic E-state index is 12.2. The molecule has 0 aliphatic carbocycles. The molecule has 2 atom stereocenters. The van der Waals surface area contributed by atoms with Crippen molar-refractivity contribution >= 4 is 11.6 Å². The quantitative estimate of drug-likeness (QED) is 0.810. The monoisotopic (exact) mass is 326 g/mol. The molecule has 0 radical (unpaired) electrons. The first kappa shape index (κ1) is 18.0.